The third-order valence-electron chi connectivity index (χ3n) is 4.46. The van der Waals surface area contributed by atoms with Gasteiger partial charge in [0, 0.05) is 59.6 Å². The molecule has 0 spiro atoms. The molecule has 0 aliphatic carbocycles. The van der Waals surface area contributed by atoms with E-state index in [2.05, 4.69) is 28.7 Å². The van der Waals surface area contributed by atoms with E-state index in [9.17, 15) is 0 Å². The van der Waals surface area contributed by atoms with Crippen LogP contribution >= 0.6 is 34.8 Å². The van der Waals surface area contributed by atoms with Crippen molar-refractivity contribution in [2.75, 3.05) is 32.7 Å². The van der Waals surface area contributed by atoms with Gasteiger partial charge in [-0.3, -0.25) is 14.9 Å². The molecule has 24 heavy (non-hydrogen) atoms. The molecule has 4 nitrogen and oxygen atoms in total. The molecule has 1 aromatic carbocycles. The molecule has 1 aromatic rings. The van der Waals surface area contributed by atoms with Crippen molar-refractivity contribution < 1.29 is 0 Å². The van der Waals surface area contributed by atoms with Crippen molar-refractivity contribution in [1.29, 1.82) is 0 Å². The zero-order valence-corrected chi connectivity index (χ0v) is 16.1. The number of aliphatic imine (C=N–C) groups is 1. The Bertz CT molecular complexity index is 644. The molecule has 2 aliphatic heterocycles. The number of amidine groups is 1. The number of hydrazine groups is 1. The smallest absolute Gasteiger partial charge is 0.213 e. The zero-order valence-electron chi connectivity index (χ0n) is 13.8. The highest BCUT2D eigenvalue weighted by Gasteiger charge is 2.27. The van der Waals surface area contributed by atoms with Gasteiger partial charge in [0.05, 0.1) is 6.54 Å². The molecule has 130 valence electrons. The van der Waals surface area contributed by atoms with Crippen LogP contribution in [0.15, 0.2) is 29.4 Å². The number of hydrogen-bond donors (Lipinski definition) is 0. The number of nitrogens with zero attached hydrogens (tertiary/aromatic N) is 4. The van der Waals surface area contributed by atoms with Crippen molar-refractivity contribution in [1.82, 2.24) is 14.9 Å². The van der Waals surface area contributed by atoms with E-state index in [0.717, 1.165) is 37.3 Å². The lowest BCUT2D eigenvalue weighted by Crippen LogP contribution is -2.54. The predicted octanol–water partition coefficient (Wildman–Crippen LogP) is 4.19. The molecule has 0 bridgehead atoms. The normalized spacial score (nSPS) is 20.3. The van der Waals surface area contributed by atoms with Crippen LogP contribution in [0.2, 0.25) is 10.0 Å². The van der Waals surface area contributed by atoms with Gasteiger partial charge in [0.25, 0.3) is 0 Å². The van der Waals surface area contributed by atoms with Crippen LogP contribution in [-0.4, -0.2) is 59.0 Å². The van der Waals surface area contributed by atoms with Crippen molar-refractivity contribution in [3.8, 4) is 0 Å². The van der Waals surface area contributed by atoms with E-state index < -0.39 is 0 Å². The van der Waals surface area contributed by atoms with E-state index in [-0.39, 0.29) is 0 Å². The molecular weight excluding hydrogens is 367 g/mol. The maximum Gasteiger partial charge on any atom is 0.213 e. The van der Waals surface area contributed by atoms with Crippen molar-refractivity contribution >= 4 is 45.7 Å². The molecule has 0 radical (unpaired) electrons. The fourth-order valence-corrected chi connectivity index (χ4v) is 3.91. The first-order chi connectivity index (χ1) is 11.5. The Morgan fingerprint density at radius 1 is 1.00 bits per heavy atom. The van der Waals surface area contributed by atoms with Gasteiger partial charge in [-0.1, -0.05) is 29.3 Å². The van der Waals surface area contributed by atoms with Crippen LogP contribution in [0.3, 0.4) is 0 Å². The lowest BCUT2D eigenvalue weighted by molar-refractivity contribution is 0.0185. The highest BCUT2D eigenvalue weighted by atomic mass is 35.5. The van der Waals surface area contributed by atoms with Gasteiger partial charge < -0.3 is 0 Å². The molecule has 2 heterocycles. The number of rotatable bonds is 3. The number of halogens is 3. The Balaban J connectivity index is 1.82. The van der Waals surface area contributed by atoms with Crippen molar-refractivity contribution in [2.45, 2.75) is 19.9 Å². The van der Waals surface area contributed by atoms with E-state index >= 15 is 0 Å². The fraction of sp³-hybridized carbons (Fsp3) is 0.471. The minimum absolute atomic E-state index is 0.477. The topological polar surface area (TPSA) is 22.1 Å². The van der Waals surface area contributed by atoms with Crippen molar-refractivity contribution in [3.05, 3.63) is 40.0 Å². The first kappa shape index (κ1) is 18.0. The summed E-state index contributed by atoms with van der Waals surface area (Å²) in [7, 11) is 0. The van der Waals surface area contributed by atoms with E-state index in [0.29, 0.717) is 27.9 Å². The van der Waals surface area contributed by atoms with E-state index in [4.69, 9.17) is 34.8 Å². The van der Waals surface area contributed by atoms with Crippen LogP contribution in [0.4, 0.5) is 0 Å². The molecule has 2 aliphatic rings. The Morgan fingerprint density at radius 2 is 1.62 bits per heavy atom. The van der Waals surface area contributed by atoms with Crippen LogP contribution in [0.5, 0.6) is 0 Å². The standard InChI is InChI=1S/C17H21Cl3N4/c1-12(2)22-6-8-23(9-7-22)24-11-13(10-21-17(24)20)16-14(18)4-3-5-15(16)19/h3-5,11-12H,6-10H2,1-2H3. The number of hydrogen-bond acceptors (Lipinski definition) is 4. The highest BCUT2D eigenvalue weighted by molar-refractivity contribution is 6.64. The molecule has 0 aromatic heterocycles. The third kappa shape index (κ3) is 3.73. The average molecular weight is 388 g/mol. The molecule has 1 fully saturated rings. The largest absolute Gasteiger partial charge is 0.298 e. The van der Waals surface area contributed by atoms with E-state index in [1.54, 1.807) is 0 Å². The second kappa shape index (κ2) is 7.63. The molecule has 0 N–H and O–H groups in total. The summed E-state index contributed by atoms with van der Waals surface area (Å²) in [5.74, 6) is 0. The van der Waals surface area contributed by atoms with Gasteiger partial charge in [-0.05, 0) is 37.6 Å². The van der Waals surface area contributed by atoms with E-state index in [1.807, 2.05) is 29.4 Å². The van der Waals surface area contributed by atoms with Crippen LogP contribution in [0, 0.1) is 0 Å². The van der Waals surface area contributed by atoms with Gasteiger partial charge >= 0.3 is 0 Å². The second-order valence-electron chi connectivity index (χ2n) is 6.26. The molecule has 0 atom stereocenters. The monoisotopic (exact) mass is 386 g/mol. The Labute approximate surface area is 158 Å². The molecule has 0 saturated carbocycles. The first-order valence-corrected chi connectivity index (χ1v) is 9.24. The number of benzene rings is 1. The second-order valence-corrected chi connectivity index (χ2v) is 7.42. The van der Waals surface area contributed by atoms with Crippen LogP contribution in [0.25, 0.3) is 5.57 Å². The lowest BCUT2D eigenvalue weighted by atomic mass is 10.1. The lowest BCUT2D eigenvalue weighted by Gasteiger charge is -2.42. The van der Waals surface area contributed by atoms with Gasteiger partial charge in [-0.25, -0.2) is 5.01 Å². The van der Waals surface area contributed by atoms with Gasteiger partial charge in [0.2, 0.25) is 5.29 Å². The van der Waals surface area contributed by atoms with E-state index in [1.165, 1.54) is 0 Å². The maximum atomic E-state index is 6.36. The summed E-state index contributed by atoms with van der Waals surface area (Å²) in [5.41, 5.74) is 1.81. The molecule has 7 heteroatoms. The van der Waals surface area contributed by atoms with Gasteiger partial charge in [0.15, 0.2) is 0 Å². The molecule has 3 rings (SSSR count). The first-order valence-electron chi connectivity index (χ1n) is 8.10. The summed E-state index contributed by atoms with van der Waals surface area (Å²) in [6.45, 7) is 8.76. The molecule has 0 amide bonds. The third-order valence-corrected chi connectivity index (χ3v) is 5.38. The summed E-state index contributed by atoms with van der Waals surface area (Å²) in [4.78, 5) is 6.91. The molecule has 1 saturated heterocycles. The molecule has 0 unspecified atom stereocenters. The minimum atomic E-state index is 0.477. The van der Waals surface area contributed by atoms with Gasteiger partial charge in [0.1, 0.15) is 0 Å². The summed E-state index contributed by atoms with van der Waals surface area (Å²) in [5, 5.41) is 5.89. The van der Waals surface area contributed by atoms with Crippen LogP contribution < -0.4 is 0 Å². The quantitative estimate of drug-likeness (QED) is 0.726. The number of piperazine rings is 1. The predicted molar refractivity (Wildman–Crippen MR) is 103 cm³/mol. The minimum Gasteiger partial charge on any atom is -0.298 e. The van der Waals surface area contributed by atoms with Crippen LogP contribution in [0.1, 0.15) is 19.4 Å². The fourth-order valence-electron chi connectivity index (χ4n) is 3.05. The zero-order chi connectivity index (χ0) is 17.3. The van der Waals surface area contributed by atoms with Crippen LogP contribution in [-0.2, 0) is 0 Å². The summed E-state index contributed by atoms with van der Waals surface area (Å²) >= 11 is 19.0. The molecular formula is C17H21Cl3N4. The van der Waals surface area contributed by atoms with Gasteiger partial charge in [-0.2, -0.15) is 0 Å². The van der Waals surface area contributed by atoms with Gasteiger partial charge in [-0.15, -0.1) is 0 Å². The Kier molecular flexibility index (Phi) is 5.73. The van der Waals surface area contributed by atoms with Crippen molar-refractivity contribution in [2.24, 2.45) is 4.99 Å². The summed E-state index contributed by atoms with van der Waals surface area (Å²) in [6.07, 6.45) is 2.01. The summed E-state index contributed by atoms with van der Waals surface area (Å²) < 4.78 is 0. The average Bonchev–Trinajstić information content (AvgIpc) is 2.56. The highest BCUT2D eigenvalue weighted by Crippen LogP contribution is 2.33. The SMILES string of the molecule is CC(C)N1CCN(N2C=C(c3c(Cl)cccc3Cl)CN=C2Cl)CC1. The Hall–Kier alpha value is -0.780. The summed E-state index contributed by atoms with van der Waals surface area (Å²) in [6, 6.07) is 6.09. The maximum absolute atomic E-state index is 6.36. The Morgan fingerprint density at radius 3 is 2.21 bits per heavy atom. The van der Waals surface area contributed by atoms with Crippen molar-refractivity contribution in [3.63, 3.8) is 0 Å².